The fraction of sp³-hybridized carbons (Fsp3) is 0.222. The van der Waals surface area contributed by atoms with E-state index in [0.717, 1.165) is 24.2 Å². The number of hydrogen-bond donors (Lipinski definition) is 2. The van der Waals surface area contributed by atoms with Crippen molar-refractivity contribution in [2.45, 2.75) is 6.42 Å². The van der Waals surface area contributed by atoms with Gasteiger partial charge in [-0.1, -0.05) is 0 Å². The first-order chi connectivity index (χ1) is 6.31. The van der Waals surface area contributed by atoms with Crippen molar-refractivity contribution in [1.82, 2.24) is 0 Å². The van der Waals surface area contributed by atoms with Crippen molar-refractivity contribution in [1.29, 1.82) is 0 Å². The van der Waals surface area contributed by atoms with E-state index in [4.69, 9.17) is 0 Å². The first kappa shape index (κ1) is 7.91. The molecule has 0 spiro atoms. The number of carbonyl (C=O) groups excluding carboxylic acids is 1. The fourth-order valence-corrected chi connectivity index (χ4v) is 1.46. The van der Waals surface area contributed by atoms with Gasteiger partial charge in [0.15, 0.2) is 11.5 Å². The molecular weight excluding hydrogens is 170 g/mol. The van der Waals surface area contributed by atoms with Crippen LogP contribution < -0.4 is 10.1 Å². The quantitative estimate of drug-likeness (QED) is 0.662. The first-order valence-corrected chi connectivity index (χ1v) is 4.01. The normalized spacial score (nSPS) is 13.2. The van der Waals surface area contributed by atoms with E-state index in [1.165, 1.54) is 0 Å². The third-order valence-corrected chi connectivity index (χ3v) is 2.07. The minimum atomic E-state index is -0.0137. The lowest BCUT2D eigenvalue weighted by Gasteiger charge is -2.04. The summed E-state index contributed by atoms with van der Waals surface area (Å²) in [6.45, 7) is 1.17. The largest absolute Gasteiger partial charge is 0.504 e. The number of phenols is 1. The number of anilines is 1. The van der Waals surface area contributed by atoms with Crippen LogP contribution in [0.1, 0.15) is 5.56 Å². The molecule has 4 heteroatoms. The Morgan fingerprint density at radius 2 is 2.38 bits per heavy atom. The summed E-state index contributed by atoms with van der Waals surface area (Å²) >= 11 is 0. The molecule has 2 rings (SSSR count). The van der Waals surface area contributed by atoms with Gasteiger partial charge in [-0.15, -0.1) is 0 Å². The third-order valence-electron chi connectivity index (χ3n) is 2.07. The molecule has 0 atom stereocenters. The van der Waals surface area contributed by atoms with Gasteiger partial charge < -0.3 is 15.2 Å². The summed E-state index contributed by atoms with van der Waals surface area (Å²) in [4.78, 5) is 10.1. The molecule has 2 N–H and O–H groups in total. The molecule has 0 amide bonds. The lowest BCUT2D eigenvalue weighted by atomic mass is 10.1. The smallest absolute Gasteiger partial charge is 0.298 e. The second kappa shape index (κ2) is 2.97. The van der Waals surface area contributed by atoms with Crippen molar-refractivity contribution in [3.05, 3.63) is 17.7 Å². The molecule has 1 aromatic carbocycles. The highest BCUT2D eigenvalue weighted by molar-refractivity contribution is 5.64. The molecule has 0 bridgehead atoms. The molecule has 0 fully saturated rings. The van der Waals surface area contributed by atoms with Crippen LogP contribution >= 0.6 is 0 Å². The summed E-state index contributed by atoms with van der Waals surface area (Å²) in [7, 11) is 0. The monoisotopic (exact) mass is 179 g/mol. The fourth-order valence-electron chi connectivity index (χ4n) is 1.46. The summed E-state index contributed by atoms with van der Waals surface area (Å²) < 4.78 is 4.60. The number of phenolic OH excluding ortho intramolecular Hbond substituents is 1. The predicted octanol–water partition coefficient (Wildman–Crippen LogP) is 0.895. The molecule has 68 valence electrons. The van der Waals surface area contributed by atoms with Crippen molar-refractivity contribution >= 4 is 12.2 Å². The van der Waals surface area contributed by atoms with Crippen molar-refractivity contribution < 1.29 is 14.6 Å². The van der Waals surface area contributed by atoms with Gasteiger partial charge in [0.25, 0.3) is 6.47 Å². The molecule has 1 aromatic rings. The van der Waals surface area contributed by atoms with Gasteiger partial charge in [0.05, 0.1) is 0 Å². The van der Waals surface area contributed by atoms with Crippen LogP contribution in [0.4, 0.5) is 5.69 Å². The summed E-state index contributed by atoms with van der Waals surface area (Å²) in [5, 5.41) is 12.5. The van der Waals surface area contributed by atoms with Gasteiger partial charge in [-0.05, 0) is 18.1 Å². The summed E-state index contributed by atoms with van der Waals surface area (Å²) in [5.74, 6) is 0.206. The number of carbonyl (C=O) groups is 1. The zero-order chi connectivity index (χ0) is 9.26. The molecule has 1 aliphatic rings. The predicted molar refractivity (Wildman–Crippen MR) is 47.0 cm³/mol. The number of aromatic hydroxyl groups is 1. The van der Waals surface area contributed by atoms with E-state index in [-0.39, 0.29) is 11.5 Å². The van der Waals surface area contributed by atoms with Crippen molar-refractivity contribution in [2.24, 2.45) is 0 Å². The Hall–Kier alpha value is -1.71. The maximum Gasteiger partial charge on any atom is 0.298 e. The zero-order valence-corrected chi connectivity index (χ0v) is 6.91. The highest BCUT2D eigenvalue weighted by atomic mass is 16.5. The van der Waals surface area contributed by atoms with Crippen LogP contribution in [0.15, 0.2) is 12.1 Å². The van der Waals surface area contributed by atoms with Gasteiger partial charge in [-0.25, -0.2) is 0 Å². The number of benzene rings is 1. The molecule has 13 heavy (non-hydrogen) atoms. The SMILES string of the molecule is O=COc1cc2c(cc1O)NCC2. The number of rotatable bonds is 2. The average Bonchev–Trinajstić information content (AvgIpc) is 2.52. The lowest BCUT2D eigenvalue weighted by molar-refractivity contribution is -0.120. The standard InChI is InChI=1S/C9H9NO3/c11-5-13-9-3-6-1-2-10-7(6)4-8(9)12/h3-5,10,12H,1-2H2. The van der Waals surface area contributed by atoms with Crippen LogP contribution in [0.3, 0.4) is 0 Å². The Balaban J connectivity index is 2.42. The van der Waals surface area contributed by atoms with Crippen LogP contribution in [0.5, 0.6) is 11.5 Å². The van der Waals surface area contributed by atoms with Gasteiger partial charge in [0, 0.05) is 18.3 Å². The van der Waals surface area contributed by atoms with Gasteiger partial charge in [0.1, 0.15) is 0 Å². The summed E-state index contributed by atoms with van der Waals surface area (Å²) in [6.07, 6.45) is 0.894. The maximum atomic E-state index is 10.1. The average molecular weight is 179 g/mol. The Morgan fingerprint density at radius 3 is 3.15 bits per heavy atom. The van der Waals surface area contributed by atoms with Crippen LogP contribution in [0, 0.1) is 0 Å². The number of ether oxygens (including phenoxy) is 1. The van der Waals surface area contributed by atoms with Gasteiger partial charge in [-0.3, -0.25) is 4.79 Å². The van der Waals surface area contributed by atoms with E-state index in [1.807, 2.05) is 0 Å². The van der Waals surface area contributed by atoms with E-state index in [0.29, 0.717) is 6.47 Å². The molecular formula is C9H9NO3. The Morgan fingerprint density at radius 1 is 1.54 bits per heavy atom. The van der Waals surface area contributed by atoms with E-state index in [2.05, 4.69) is 10.1 Å². The van der Waals surface area contributed by atoms with Crippen molar-refractivity contribution in [3.8, 4) is 11.5 Å². The second-order valence-electron chi connectivity index (χ2n) is 2.87. The molecule has 0 radical (unpaired) electrons. The Kier molecular flexibility index (Phi) is 1.81. The highest BCUT2D eigenvalue weighted by Crippen LogP contribution is 2.34. The zero-order valence-electron chi connectivity index (χ0n) is 6.91. The number of nitrogens with one attached hydrogen (secondary N) is 1. The number of hydrogen-bond acceptors (Lipinski definition) is 4. The Labute approximate surface area is 75.1 Å². The minimum Gasteiger partial charge on any atom is -0.504 e. The highest BCUT2D eigenvalue weighted by Gasteiger charge is 2.14. The maximum absolute atomic E-state index is 10.1. The first-order valence-electron chi connectivity index (χ1n) is 4.01. The molecule has 0 saturated heterocycles. The van der Waals surface area contributed by atoms with Crippen LogP contribution in [-0.4, -0.2) is 18.1 Å². The van der Waals surface area contributed by atoms with Crippen LogP contribution in [0.25, 0.3) is 0 Å². The van der Waals surface area contributed by atoms with E-state index in [1.54, 1.807) is 12.1 Å². The molecule has 0 saturated carbocycles. The van der Waals surface area contributed by atoms with Crippen LogP contribution in [-0.2, 0) is 11.2 Å². The lowest BCUT2D eigenvalue weighted by Crippen LogP contribution is -1.91. The Bertz CT molecular complexity index is 349. The molecule has 0 unspecified atom stereocenters. The summed E-state index contributed by atoms with van der Waals surface area (Å²) in [5.41, 5.74) is 1.98. The van der Waals surface area contributed by atoms with Gasteiger partial charge in [-0.2, -0.15) is 0 Å². The van der Waals surface area contributed by atoms with Crippen molar-refractivity contribution in [3.63, 3.8) is 0 Å². The van der Waals surface area contributed by atoms with Gasteiger partial charge in [0.2, 0.25) is 0 Å². The van der Waals surface area contributed by atoms with E-state index >= 15 is 0 Å². The van der Waals surface area contributed by atoms with Crippen molar-refractivity contribution in [2.75, 3.05) is 11.9 Å². The number of fused-ring (bicyclic) bond motifs is 1. The molecule has 0 aromatic heterocycles. The molecule has 1 aliphatic heterocycles. The van der Waals surface area contributed by atoms with E-state index < -0.39 is 0 Å². The minimum absolute atomic E-state index is 0.0137. The molecule has 1 heterocycles. The summed E-state index contributed by atoms with van der Waals surface area (Å²) in [6, 6.07) is 3.25. The molecule has 4 nitrogen and oxygen atoms in total. The third kappa shape index (κ3) is 1.30. The topological polar surface area (TPSA) is 58.6 Å². The van der Waals surface area contributed by atoms with Gasteiger partial charge >= 0.3 is 0 Å². The van der Waals surface area contributed by atoms with Crippen LogP contribution in [0.2, 0.25) is 0 Å². The second-order valence-corrected chi connectivity index (χ2v) is 2.87. The molecule has 0 aliphatic carbocycles. The van der Waals surface area contributed by atoms with E-state index in [9.17, 15) is 9.90 Å².